The molecule has 0 aliphatic heterocycles. The van der Waals surface area contributed by atoms with E-state index in [1.807, 2.05) is 0 Å². The van der Waals surface area contributed by atoms with Gasteiger partial charge in [0.2, 0.25) is 0 Å². The monoisotopic (exact) mass is 420 g/mol. The van der Waals surface area contributed by atoms with E-state index < -0.39 is 0 Å². The van der Waals surface area contributed by atoms with E-state index in [1.54, 1.807) is 11.3 Å². The minimum Gasteiger partial charge on any atom is -0.128 e. The normalized spacial score (nSPS) is 10.9. The molecule has 2 aromatic rings. The minimum absolute atomic E-state index is 0.897. The van der Waals surface area contributed by atoms with Gasteiger partial charge in [-0.25, -0.2) is 0 Å². The lowest BCUT2D eigenvalue weighted by Gasteiger charge is -1.90. The van der Waals surface area contributed by atoms with Crippen LogP contribution < -0.4 is 0 Å². The Morgan fingerprint density at radius 3 is 2.75 bits per heavy atom. The van der Waals surface area contributed by atoms with E-state index in [0.717, 1.165) is 5.02 Å². The van der Waals surface area contributed by atoms with Crippen LogP contribution in [0.2, 0.25) is 5.02 Å². The zero-order valence-electron chi connectivity index (χ0n) is 5.77. The van der Waals surface area contributed by atoms with Crippen LogP contribution >= 0.6 is 68.1 Å². The van der Waals surface area contributed by atoms with Crippen molar-refractivity contribution in [2.75, 3.05) is 0 Å². The smallest absolute Gasteiger partial charge is 0.0852 e. The van der Waals surface area contributed by atoms with Crippen molar-refractivity contribution < 1.29 is 0 Å². The molecule has 0 amide bonds. The quantitative estimate of drug-likeness (QED) is 0.539. The number of benzene rings is 1. The molecule has 0 unspecified atom stereocenters. The van der Waals surface area contributed by atoms with E-state index in [1.165, 1.54) is 16.5 Å². The maximum Gasteiger partial charge on any atom is 0.0852 e. The van der Waals surface area contributed by atoms with Crippen LogP contribution in [0.4, 0.5) is 0 Å². The summed E-state index contributed by atoms with van der Waals surface area (Å²) in [5.74, 6) is 0. The van der Waals surface area contributed by atoms with Gasteiger partial charge in [0, 0.05) is 13.7 Å². The predicted molar refractivity (Wildman–Crippen MR) is 72.3 cm³/mol. The average Bonchev–Trinajstić information content (AvgIpc) is 2.31. The van der Waals surface area contributed by atoms with Crippen molar-refractivity contribution in [3.8, 4) is 0 Å². The molecule has 0 bridgehead atoms. The van der Waals surface area contributed by atoms with Crippen LogP contribution in [0.5, 0.6) is 0 Å². The van der Waals surface area contributed by atoms with Crippen LogP contribution in [-0.2, 0) is 0 Å². The van der Waals surface area contributed by atoms with E-state index in [-0.39, 0.29) is 0 Å². The lowest BCUT2D eigenvalue weighted by atomic mass is 10.3. The highest BCUT2D eigenvalue weighted by atomic mass is 127. The number of thiophene rings is 1. The first-order valence-corrected chi connectivity index (χ1v) is 6.57. The molecule has 0 fully saturated rings. The summed E-state index contributed by atoms with van der Waals surface area (Å²) in [6.45, 7) is 0. The standard InChI is InChI=1S/C8H3ClI2S/c9-7-5-3-4(10)1-2-6(5)12-8(7)11/h1-3H. The molecule has 0 atom stereocenters. The van der Waals surface area contributed by atoms with Crippen LogP contribution in [0, 0.1) is 6.45 Å². The fraction of sp³-hybridized carbons (Fsp3) is 0. The number of fused-ring (bicyclic) bond motifs is 1. The summed E-state index contributed by atoms with van der Waals surface area (Å²) in [7, 11) is 0. The van der Waals surface area contributed by atoms with Crippen LogP contribution in [-0.4, -0.2) is 0 Å². The SMILES string of the molecule is Clc1c(I)sc2ccc(I)cc12. The van der Waals surface area contributed by atoms with E-state index in [2.05, 4.69) is 63.4 Å². The summed E-state index contributed by atoms with van der Waals surface area (Å²) < 4.78 is 3.67. The van der Waals surface area contributed by atoms with Crippen LogP contribution in [0.3, 0.4) is 0 Å². The zero-order valence-corrected chi connectivity index (χ0v) is 11.7. The Labute approximate surface area is 107 Å². The second-order valence-corrected chi connectivity index (χ2v) is 6.82. The molecule has 0 aliphatic rings. The fourth-order valence-corrected chi connectivity index (χ4v) is 3.63. The minimum atomic E-state index is 0.897. The summed E-state index contributed by atoms with van der Waals surface area (Å²) >= 11 is 12.4. The van der Waals surface area contributed by atoms with E-state index in [9.17, 15) is 0 Å². The fourth-order valence-electron chi connectivity index (χ4n) is 1.01. The summed E-state index contributed by atoms with van der Waals surface area (Å²) in [5, 5.41) is 2.08. The highest BCUT2D eigenvalue weighted by molar-refractivity contribution is 14.1. The molecule has 12 heavy (non-hydrogen) atoms. The maximum atomic E-state index is 6.11. The van der Waals surface area contributed by atoms with Gasteiger partial charge in [-0.1, -0.05) is 11.6 Å². The van der Waals surface area contributed by atoms with Gasteiger partial charge in [-0.3, -0.25) is 0 Å². The topological polar surface area (TPSA) is 0 Å². The first-order valence-electron chi connectivity index (χ1n) is 3.21. The molecule has 0 saturated carbocycles. The molecule has 0 radical (unpaired) electrons. The number of hydrogen-bond acceptors (Lipinski definition) is 1. The Morgan fingerprint density at radius 2 is 2.00 bits per heavy atom. The molecule has 62 valence electrons. The van der Waals surface area contributed by atoms with Crippen molar-refractivity contribution in [2.24, 2.45) is 0 Å². The number of hydrogen-bond donors (Lipinski definition) is 0. The molecule has 0 nitrogen and oxygen atoms in total. The lowest BCUT2D eigenvalue weighted by Crippen LogP contribution is -1.68. The van der Waals surface area contributed by atoms with Crippen LogP contribution in [0.15, 0.2) is 18.2 Å². The highest BCUT2D eigenvalue weighted by Crippen LogP contribution is 2.36. The molecular weight excluding hydrogens is 417 g/mol. The summed E-state index contributed by atoms with van der Waals surface area (Å²) in [5.41, 5.74) is 0. The predicted octanol–water partition coefficient (Wildman–Crippen LogP) is 4.76. The molecule has 1 aromatic heterocycles. The summed E-state index contributed by atoms with van der Waals surface area (Å²) in [6.07, 6.45) is 0. The van der Waals surface area contributed by atoms with Crippen molar-refractivity contribution in [3.05, 3.63) is 29.7 Å². The first kappa shape index (κ1) is 9.48. The van der Waals surface area contributed by atoms with Gasteiger partial charge in [0.05, 0.1) is 7.91 Å². The second kappa shape index (κ2) is 3.59. The molecule has 1 aromatic carbocycles. The van der Waals surface area contributed by atoms with Gasteiger partial charge in [-0.15, -0.1) is 11.3 Å². The van der Waals surface area contributed by atoms with Gasteiger partial charge < -0.3 is 0 Å². The van der Waals surface area contributed by atoms with Gasteiger partial charge in [0.1, 0.15) is 0 Å². The first-order chi connectivity index (χ1) is 5.68. The van der Waals surface area contributed by atoms with Crippen molar-refractivity contribution in [2.45, 2.75) is 0 Å². The molecule has 2 rings (SSSR count). The Hall–Kier alpha value is 0.930. The third-order valence-corrected chi connectivity index (χ3v) is 5.20. The largest absolute Gasteiger partial charge is 0.128 e. The van der Waals surface area contributed by atoms with Gasteiger partial charge in [0.15, 0.2) is 0 Å². The highest BCUT2D eigenvalue weighted by Gasteiger charge is 2.07. The van der Waals surface area contributed by atoms with Gasteiger partial charge in [-0.2, -0.15) is 0 Å². The van der Waals surface area contributed by atoms with E-state index in [4.69, 9.17) is 11.6 Å². The molecule has 0 saturated heterocycles. The van der Waals surface area contributed by atoms with Crippen molar-refractivity contribution >= 4 is 78.2 Å². The molecule has 4 heteroatoms. The zero-order chi connectivity index (χ0) is 8.72. The molecule has 0 spiro atoms. The summed E-state index contributed by atoms with van der Waals surface area (Å²) in [4.78, 5) is 0. The van der Waals surface area contributed by atoms with Gasteiger partial charge in [-0.05, 0) is 63.4 Å². The van der Waals surface area contributed by atoms with E-state index in [0.29, 0.717) is 0 Å². The van der Waals surface area contributed by atoms with Crippen LogP contribution in [0.25, 0.3) is 10.1 Å². The maximum absolute atomic E-state index is 6.11. The second-order valence-electron chi connectivity index (χ2n) is 2.33. The van der Waals surface area contributed by atoms with Crippen molar-refractivity contribution in [1.29, 1.82) is 0 Å². The van der Waals surface area contributed by atoms with Crippen LogP contribution in [0.1, 0.15) is 0 Å². The lowest BCUT2D eigenvalue weighted by molar-refractivity contribution is 1.76. The number of rotatable bonds is 0. The molecule has 1 heterocycles. The molecular formula is C8H3ClI2S. The van der Waals surface area contributed by atoms with Gasteiger partial charge in [0.25, 0.3) is 0 Å². The summed E-state index contributed by atoms with van der Waals surface area (Å²) in [6, 6.07) is 6.35. The molecule has 0 aliphatic carbocycles. The Kier molecular flexibility index (Phi) is 2.84. The molecule has 0 N–H and O–H groups in total. The third-order valence-electron chi connectivity index (χ3n) is 1.55. The number of halogens is 3. The third kappa shape index (κ3) is 1.60. The Bertz CT molecular complexity index is 436. The van der Waals surface area contributed by atoms with E-state index >= 15 is 0 Å². The van der Waals surface area contributed by atoms with Crippen molar-refractivity contribution in [1.82, 2.24) is 0 Å². The van der Waals surface area contributed by atoms with Gasteiger partial charge >= 0.3 is 0 Å². The van der Waals surface area contributed by atoms with Crippen molar-refractivity contribution in [3.63, 3.8) is 0 Å². The average molecular weight is 420 g/mol. The Balaban J connectivity index is 2.88. The Morgan fingerprint density at radius 1 is 1.25 bits per heavy atom.